The summed E-state index contributed by atoms with van der Waals surface area (Å²) < 4.78 is 0. The van der Waals surface area contributed by atoms with Crippen LogP contribution in [0.4, 0.5) is 0 Å². The first kappa shape index (κ1) is 35.9. The zero-order valence-corrected chi connectivity index (χ0v) is 28.2. The Hall–Kier alpha value is -3.90. The van der Waals surface area contributed by atoms with Crippen molar-refractivity contribution in [1.82, 2.24) is 36.1 Å². The number of rotatable bonds is 14. The van der Waals surface area contributed by atoms with E-state index in [2.05, 4.69) is 31.2 Å². The molecule has 4 N–H and O–H groups in total. The third kappa shape index (κ3) is 9.80. The van der Waals surface area contributed by atoms with Crippen LogP contribution in [0.15, 0.2) is 18.6 Å². The molecule has 0 bridgehead atoms. The highest BCUT2D eigenvalue weighted by atomic mass is 16.2. The molecule has 13 nitrogen and oxygen atoms in total. The molecular formula is C34H51N7O6. The highest BCUT2D eigenvalue weighted by Gasteiger charge is 2.44. The van der Waals surface area contributed by atoms with Gasteiger partial charge in [0.05, 0.1) is 12.2 Å². The van der Waals surface area contributed by atoms with Gasteiger partial charge >= 0.3 is 0 Å². The van der Waals surface area contributed by atoms with E-state index in [0.717, 1.165) is 51.4 Å². The Kier molecular flexibility index (Phi) is 12.4. The standard InChI is InChI=1S/C34H51N7O6/c1-5-6-13-23(27(42)32(46)37-22-15-16-22)38-30(44)25-14-10-19-41(25)33(47)28(34(2,3)4)40-31(45)26(21-11-8-7-9-12-21)39-29(43)24-20-35-17-18-36-24/h17-18,20-23,25-26,28H,5-16,19H2,1-4H3,(H,37,46)(H,38,44)(H,39,43)(H,40,45)/t23?,25-,26-,28+/m0/s1. The van der Waals surface area contributed by atoms with Gasteiger partial charge in [-0.1, -0.05) is 59.8 Å². The van der Waals surface area contributed by atoms with Crippen LogP contribution in [-0.4, -0.2) is 86.9 Å². The maximum absolute atomic E-state index is 14.2. The van der Waals surface area contributed by atoms with Crippen molar-refractivity contribution in [3.05, 3.63) is 24.3 Å². The average molecular weight is 654 g/mol. The summed E-state index contributed by atoms with van der Waals surface area (Å²) in [7, 11) is 0. The lowest BCUT2D eigenvalue weighted by Gasteiger charge is -2.37. The smallest absolute Gasteiger partial charge is 0.289 e. The van der Waals surface area contributed by atoms with Gasteiger partial charge in [0.25, 0.3) is 11.8 Å². The first-order valence-corrected chi connectivity index (χ1v) is 17.2. The molecule has 3 aliphatic rings. The van der Waals surface area contributed by atoms with Gasteiger partial charge in [-0.05, 0) is 56.3 Å². The third-order valence-electron chi connectivity index (χ3n) is 9.34. The van der Waals surface area contributed by atoms with Crippen LogP contribution in [0, 0.1) is 11.3 Å². The van der Waals surface area contributed by atoms with E-state index in [9.17, 15) is 28.8 Å². The van der Waals surface area contributed by atoms with Crippen LogP contribution in [0.1, 0.15) is 115 Å². The number of likely N-dealkylation sites (tertiary alicyclic amines) is 1. The fourth-order valence-electron chi connectivity index (χ4n) is 6.43. The molecule has 47 heavy (non-hydrogen) atoms. The van der Waals surface area contributed by atoms with Gasteiger partial charge in [0.1, 0.15) is 23.8 Å². The van der Waals surface area contributed by atoms with E-state index in [-0.39, 0.29) is 17.7 Å². The van der Waals surface area contributed by atoms with Crippen molar-refractivity contribution >= 4 is 35.3 Å². The molecule has 5 amide bonds. The lowest BCUT2D eigenvalue weighted by atomic mass is 9.82. The van der Waals surface area contributed by atoms with Crippen LogP contribution in [0.5, 0.6) is 0 Å². The fraction of sp³-hybridized carbons (Fsp3) is 0.706. The van der Waals surface area contributed by atoms with Gasteiger partial charge in [-0.15, -0.1) is 0 Å². The second-order valence-corrected chi connectivity index (χ2v) is 14.3. The summed E-state index contributed by atoms with van der Waals surface area (Å²) >= 11 is 0. The van der Waals surface area contributed by atoms with Gasteiger partial charge in [0.15, 0.2) is 0 Å². The maximum atomic E-state index is 14.2. The minimum atomic E-state index is -0.996. The molecule has 0 radical (unpaired) electrons. The van der Waals surface area contributed by atoms with E-state index in [1.165, 1.54) is 23.5 Å². The van der Waals surface area contributed by atoms with Gasteiger partial charge in [0, 0.05) is 25.0 Å². The van der Waals surface area contributed by atoms with Crippen LogP contribution in [0.25, 0.3) is 0 Å². The average Bonchev–Trinajstić information content (AvgIpc) is 3.73. The van der Waals surface area contributed by atoms with Crippen molar-refractivity contribution in [3.63, 3.8) is 0 Å². The van der Waals surface area contributed by atoms with Crippen LogP contribution in [0.2, 0.25) is 0 Å². The Balaban J connectivity index is 1.49. The van der Waals surface area contributed by atoms with Crippen LogP contribution >= 0.6 is 0 Å². The Bertz CT molecular complexity index is 1290. The SMILES string of the molecule is CCCCC(NC(=O)[C@@H]1CCCN1C(=O)[C@@H](NC(=O)[C@@H](NC(=O)c1cnccn1)C1CCCCC1)C(C)(C)C)C(=O)C(=O)NC1CC1. The molecule has 1 aliphatic heterocycles. The number of carbonyl (C=O) groups is 6. The molecule has 2 heterocycles. The van der Waals surface area contributed by atoms with Crippen LogP contribution < -0.4 is 21.3 Å². The second kappa shape index (κ2) is 16.3. The highest BCUT2D eigenvalue weighted by Crippen LogP contribution is 2.29. The number of nitrogens with zero attached hydrogens (tertiary/aromatic N) is 3. The number of hydrogen-bond donors (Lipinski definition) is 4. The van der Waals surface area contributed by atoms with E-state index >= 15 is 0 Å². The van der Waals surface area contributed by atoms with Gasteiger partial charge < -0.3 is 26.2 Å². The van der Waals surface area contributed by atoms with Crippen molar-refractivity contribution in [2.24, 2.45) is 11.3 Å². The summed E-state index contributed by atoms with van der Waals surface area (Å²) in [4.78, 5) is 89.9. The minimum absolute atomic E-state index is 0.0134. The lowest BCUT2D eigenvalue weighted by molar-refractivity contribution is -0.145. The van der Waals surface area contributed by atoms with Crippen molar-refractivity contribution in [2.45, 2.75) is 135 Å². The molecule has 2 saturated carbocycles. The first-order valence-electron chi connectivity index (χ1n) is 17.2. The van der Waals surface area contributed by atoms with E-state index < -0.39 is 64.9 Å². The molecule has 13 heteroatoms. The number of hydrogen-bond acceptors (Lipinski definition) is 8. The minimum Gasteiger partial charge on any atom is -0.347 e. The molecule has 258 valence electrons. The maximum Gasteiger partial charge on any atom is 0.289 e. The Morgan fingerprint density at radius 1 is 0.915 bits per heavy atom. The molecule has 3 fully saturated rings. The van der Waals surface area contributed by atoms with E-state index in [0.29, 0.717) is 32.2 Å². The molecule has 0 aromatic carbocycles. The normalized spacial score (nSPS) is 20.4. The monoisotopic (exact) mass is 653 g/mol. The number of unbranched alkanes of at least 4 members (excludes halogenated alkanes) is 1. The van der Waals surface area contributed by atoms with E-state index in [1.807, 2.05) is 27.7 Å². The Morgan fingerprint density at radius 3 is 2.26 bits per heavy atom. The Labute approximate surface area is 277 Å². The molecule has 1 aromatic heterocycles. The van der Waals surface area contributed by atoms with Crippen molar-refractivity contribution in [3.8, 4) is 0 Å². The van der Waals surface area contributed by atoms with Gasteiger partial charge in [-0.25, -0.2) is 4.98 Å². The van der Waals surface area contributed by atoms with Crippen LogP contribution in [0.3, 0.4) is 0 Å². The molecular weight excluding hydrogens is 602 g/mol. The number of amides is 5. The molecule has 0 spiro atoms. The molecule has 1 unspecified atom stereocenters. The molecule has 4 rings (SSSR count). The predicted molar refractivity (Wildman–Crippen MR) is 174 cm³/mol. The van der Waals surface area contributed by atoms with Crippen molar-refractivity contribution in [1.29, 1.82) is 0 Å². The number of ketones is 1. The largest absolute Gasteiger partial charge is 0.347 e. The number of aromatic nitrogens is 2. The quantitative estimate of drug-likeness (QED) is 0.221. The number of carbonyl (C=O) groups excluding carboxylic acids is 6. The topological polar surface area (TPSA) is 180 Å². The fourth-order valence-corrected chi connectivity index (χ4v) is 6.43. The van der Waals surface area contributed by atoms with Gasteiger partial charge in [0.2, 0.25) is 23.5 Å². The van der Waals surface area contributed by atoms with E-state index in [4.69, 9.17) is 0 Å². The number of nitrogens with one attached hydrogen (secondary N) is 4. The number of Topliss-reactive ketones (excluding diaryl/α,β-unsaturated/α-hetero) is 1. The molecule has 2 aliphatic carbocycles. The predicted octanol–water partition coefficient (Wildman–Crippen LogP) is 2.20. The van der Waals surface area contributed by atoms with Gasteiger partial charge in [-0.3, -0.25) is 33.8 Å². The summed E-state index contributed by atoms with van der Waals surface area (Å²) in [5.74, 6) is -3.35. The van der Waals surface area contributed by atoms with Crippen molar-refractivity contribution in [2.75, 3.05) is 6.54 Å². The highest BCUT2D eigenvalue weighted by molar-refractivity contribution is 6.38. The summed E-state index contributed by atoms with van der Waals surface area (Å²) in [6, 6.07) is -3.69. The lowest BCUT2D eigenvalue weighted by Crippen LogP contribution is -2.62. The zero-order valence-electron chi connectivity index (χ0n) is 28.2. The molecule has 1 saturated heterocycles. The van der Waals surface area contributed by atoms with Gasteiger partial charge in [-0.2, -0.15) is 0 Å². The molecule has 4 atom stereocenters. The molecule has 1 aromatic rings. The second-order valence-electron chi connectivity index (χ2n) is 14.3. The summed E-state index contributed by atoms with van der Waals surface area (Å²) in [6.45, 7) is 7.79. The Morgan fingerprint density at radius 2 is 1.64 bits per heavy atom. The van der Waals surface area contributed by atoms with E-state index in [1.54, 1.807) is 0 Å². The summed E-state index contributed by atoms with van der Waals surface area (Å²) in [5.41, 5.74) is -0.639. The summed E-state index contributed by atoms with van der Waals surface area (Å²) in [5, 5.41) is 11.3. The van der Waals surface area contributed by atoms with Crippen LogP contribution in [-0.2, 0) is 24.0 Å². The first-order chi connectivity index (χ1) is 22.4. The zero-order chi connectivity index (χ0) is 34.1. The third-order valence-corrected chi connectivity index (χ3v) is 9.34. The van der Waals surface area contributed by atoms with Crippen molar-refractivity contribution < 1.29 is 28.8 Å². The summed E-state index contributed by atoms with van der Waals surface area (Å²) in [6.07, 6.45) is 13.1.